The summed E-state index contributed by atoms with van der Waals surface area (Å²) in [6.07, 6.45) is -14.9. The normalized spacial score (nSPS) is 34.6. The van der Waals surface area contributed by atoms with Crippen molar-refractivity contribution in [2.75, 3.05) is 6.61 Å². The zero-order valence-corrected chi connectivity index (χ0v) is 23.9. The lowest BCUT2D eigenvalue weighted by Crippen LogP contribution is -2.61. The van der Waals surface area contributed by atoms with Gasteiger partial charge >= 0.3 is 5.97 Å². The van der Waals surface area contributed by atoms with Crippen molar-refractivity contribution in [3.63, 3.8) is 0 Å². The number of aromatic hydroxyl groups is 5. The van der Waals surface area contributed by atoms with Crippen molar-refractivity contribution in [3.05, 3.63) is 47.2 Å². The van der Waals surface area contributed by atoms with Crippen LogP contribution in [0.1, 0.15) is 31.1 Å². The molecule has 10 N–H and O–H groups in total. The van der Waals surface area contributed by atoms with E-state index in [0.717, 1.165) is 13.0 Å². The Morgan fingerprint density at radius 1 is 0.844 bits per heavy atom. The fraction of sp³-hybridized carbons (Fsp3) is 0.483. The van der Waals surface area contributed by atoms with Crippen LogP contribution in [0, 0.1) is 0 Å². The highest BCUT2D eigenvalue weighted by Gasteiger charge is 2.49. The van der Waals surface area contributed by atoms with Gasteiger partial charge in [0.05, 0.1) is 24.3 Å². The molecule has 16 nitrogen and oxygen atoms in total. The van der Waals surface area contributed by atoms with E-state index in [-0.39, 0.29) is 28.6 Å². The summed E-state index contributed by atoms with van der Waals surface area (Å²) in [5.41, 5.74) is 0.426. The second-order valence-corrected chi connectivity index (χ2v) is 11.0. The number of carbonyl (C=O) groups is 1. The zero-order chi connectivity index (χ0) is 32.7. The quantitative estimate of drug-likeness (QED) is 0.101. The van der Waals surface area contributed by atoms with Crippen LogP contribution in [0.25, 0.3) is 6.08 Å². The Kier molecular flexibility index (Phi) is 9.29. The third-order valence-electron chi connectivity index (χ3n) is 7.68. The van der Waals surface area contributed by atoms with E-state index in [0.29, 0.717) is 5.56 Å². The van der Waals surface area contributed by atoms with Crippen LogP contribution in [0.15, 0.2) is 36.1 Å². The molecule has 0 bridgehead atoms. The van der Waals surface area contributed by atoms with E-state index in [4.69, 9.17) is 23.7 Å². The number of esters is 1. The molecule has 0 saturated carbocycles. The number of rotatable bonds is 7. The SMILES string of the molecule is CC(=O)O[C@@H]1[C@H](O)[C@@H](O)[C@H](OC[C@H]2O[C@@H](OC3=Cc4c(O)cc(O)cc4[OH+]C3c3ccc(O)c(O)c3)[C@H](O)[C@@H](O)[C@@H]2O)O[C@H]1C. The van der Waals surface area contributed by atoms with Gasteiger partial charge < -0.3 is 74.4 Å². The monoisotopic (exact) mass is 639 g/mol. The lowest BCUT2D eigenvalue weighted by atomic mass is 9.98. The standard InChI is InChI=1S/C29H34O16/c1-10-26(42-11(2)30)23(37)25(39)28(41-10)40-9-20-21(35)22(36)24(38)29(45-20)44-19-8-14-16(33)6-13(31)7-18(14)43-27(19)12-3-4-15(32)17(34)5-12/h3-8,10,20-29,31-39H,9H2,1-2H3/p+1/t10-,20+,21+,22-,23+,24+,25+,26-,27?,28+,29+/m0/s1. The molecule has 3 aliphatic heterocycles. The van der Waals surface area contributed by atoms with Gasteiger partial charge in [0.2, 0.25) is 6.29 Å². The number of phenolic OH excluding ortho intramolecular Hbond substituents is 4. The largest absolute Gasteiger partial charge is 0.571 e. The van der Waals surface area contributed by atoms with Crippen molar-refractivity contribution in [2.24, 2.45) is 0 Å². The van der Waals surface area contributed by atoms with Gasteiger partial charge in [-0.3, -0.25) is 4.79 Å². The summed E-state index contributed by atoms with van der Waals surface area (Å²) >= 11 is 0. The Hall–Kier alpha value is -3.87. The second-order valence-electron chi connectivity index (χ2n) is 11.0. The van der Waals surface area contributed by atoms with Gasteiger partial charge in [0.15, 0.2) is 29.7 Å². The Labute approximate surface area is 255 Å². The molecule has 11 atom stereocenters. The zero-order valence-electron chi connectivity index (χ0n) is 23.9. The predicted molar refractivity (Wildman–Crippen MR) is 148 cm³/mol. The fourth-order valence-electron chi connectivity index (χ4n) is 5.31. The topological polar surface area (TPSA) is 258 Å². The van der Waals surface area contributed by atoms with Crippen LogP contribution in [0.4, 0.5) is 0 Å². The summed E-state index contributed by atoms with van der Waals surface area (Å²) in [6, 6.07) is 6.20. The summed E-state index contributed by atoms with van der Waals surface area (Å²) in [5, 5.41) is 93.2. The molecule has 0 aliphatic carbocycles. The van der Waals surface area contributed by atoms with Crippen molar-refractivity contribution >= 4 is 12.0 Å². The maximum absolute atomic E-state index is 11.4. The van der Waals surface area contributed by atoms with Crippen molar-refractivity contribution in [2.45, 2.75) is 81.4 Å². The number of hydrogen-bond acceptors (Lipinski definition) is 15. The van der Waals surface area contributed by atoms with Crippen LogP contribution in [0.3, 0.4) is 0 Å². The van der Waals surface area contributed by atoms with Gasteiger partial charge in [-0.05, 0) is 25.1 Å². The molecule has 45 heavy (non-hydrogen) atoms. The van der Waals surface area contributed by atoms with E-state index in [2.05, 4.69) is 4.74 Å². The van der Waals surface area contributed by atoms with Crippen LogP contribution < -0.4 is 0 Å². The average Bonchev–Trinajstić information content (AvgIpc) is 2.98. The van der Waals surface area contributed by atoms with Gasteiger partial charge in [-0.15, -0.1) is 0 Å². The molecule has 1 unspecified atom stereocenters. The molecule has 246 valence electrons. The van der Waals surface area contributed by atoms with Crippen LogP contribution in [0.2, 0.25) is 0 Å². The molecule has 16 heteroatoms. The van der Waals surface area contributed by atoms with E-state index < -0.39 is 91.6 Å². The van der Waals surface area contributed by atoms with Crippen LogP contribution in [0.5, 0.6) is 28.7 Å². The van der Waals surface area contributed by atoms with Crippen LogP contribution in [-0.4, -0.2) is 125 Å². The first-order valence-electron chi connectivity index (χ1n) is 13.9. The van der Waals surface area contributed by atoms with Gasteiger partial charge in [0.1, 0.15) is 53.7 Å². The third-order valence-corrected chi connectivity index (χ3v) is 7.68. The Morgan fingerprint density at radius 3 is 2.24 bits per heavy atom. The Balaban J connectivity index is 1.36. The number of aliphatic hydroxyl groups excluding tert-OH is 5. The smallest absolute Gasteiger partial charge is 0.303 e. The molecule has 0 aromatic heterocycles. The minimum Gasteiger partial charge on any atom is -0.571 e. The molecule has 2 fully saturated rings. The fourth-order valence-corrected chi connectivity index (χ4v) is 5.31. The Morgan fingerprint density at radius 2 is 1.56 bits per heavy atom. The number of aliphatic hydroxyl groups is 6. The van der Waals surface area contributed by atoms with E-state index in [1.54, 1.807) is 0 Å². The number of fused-ring (bicyclic) bond motifs is 1. The molecular formula is C29H35O16+. The number of ether oxygens (including phenoxy) is 6. The highest BCUT2D eigenvalue weighted by Crippen LogP contribution is 2.46. The first kappa shape index (κ1) is 32.5. The molecule has 2 aromatic rings. The molecule has 0 spiro atoms. The maximum atomic E-state index is 11.4. The molecule has 5 rings (SSSR count). The van der Waals surface area contributed by atoms with Gasteiger partial charge in [0.25, 0.3) is 11.9 Å². The lowest BCUT2D eigenvalue weighted by Gasteiger charge is -2.43. The van der Waals surface area contributed by atoms with Crippen molar-refractivity contribution in [1.29, 1.82) is 0 Å². The van der Waals surface area contributed by atoms with Crippen LogP contribution in [-0.2, 0) is 28.5 Å². The minimum absolute atomic E-state index is 0.0552. The molecule has 3 heterocycles. The van der Waals surface area contributed by atoms with Crippen molar-refractivity contribution in [1.82, 2.24) is 0 Å². The van der Waals surface area contributed by atoms with Gasteiger partial charge in [0, 0.05) is 19.1 Å². The van der Waals surface area contributed by atoms with E-state index in [1.807, 2.05) is 0 Å². The van der Waals surface area contributed by atoms with Crippen molar-refractivity contribution < 1.29 is 79.2 Å². The summed E-state index contributed by atoms with van der Waals surface area (Å²) in [5.74, 6) is -2.10. The van der Waals surface area contributed by atoms with Gasteiger partial charge in [-0.1, -0.05) is 0 Å². The highest BCUT2D eigenvalue weighted by molar-refractivity contribution is 5.69. The summed E-state index contributed by atoms with van der Waals surface area (Å²) in [7, 11) is 0. The van der Waals surface area contributed by atoms with E-state index in [9.17, 15) is 50.8 Å². The minimum atomic E-state index is -1.82. The van der Waals surface area contributed by atoms with E-state index >= 15 is 0 Å². The number of carbonyl (C=O) groups excluding carboxylic acids is 1. The summed E-state index contributed by atoms with van der Waals surface area (Å²) in [6.45, 7) is 2.08. The third kappa shape index (κ3) is 6.58. The second kappa shape index (κ2) is 12.9. The van der Waals surface area contributed by atoms with Crippen LogP contribution >= 0.6 is 0 Å². The summed E-state index contributed by atoms with van der Waals surface area (Å²) < 4.78 is 32.3. The summed E-state index contributed by atoms with van der Waals surface area (Å²) in [4.78, 5) is 11.4. The van der Waals surface area contributed by atoms with Crippen molar-refractivity contribution in [3.8, 4) is 28.7 Å². The molecule has 2 saturated heterocycles. The lowest BCUT2D eigenvalue weighted by molar-refractivity contribution is -0.325. The molecule has 3 aliphatic rings. The van der Waals surface area contributed by atoms with E-state index in [1.165, 1.54) is 37.3 Å². The van der Waals surface area contributed by atoms with Gasteiger partial charge in [-0.25, -0.2) is 0 Å². The molecule has 0 amide bonds. The predicted octanol–water partition coefficient (Wildman–Crippen LogP) is -0.915. The first-order valence-corrected chi connectivity index (χ1v) is 13.9. The Bertz CT molecular complexity index is 1430. The number of phenols is 4. The van der Waals surface area contributed by atoms with Gasteiger partial charge in [-0.2, -0.15) is 0 Å². The molecular weight excluding hydrogens is 604 g/mol. The molecule has 2 aromatic carbocycles. The number of hydrogen-bond donors (Lipinski definition) is 9. The number of benzene rings is 2. The maximum Gasteiger partial charge on any atom is 0.303 e. The highest BCUT2D eigenvalue weighted by atomic mass is 16.7. The first-order chi connectivity index (χ1) is 21.2. The average molecular weight is 640 g/mol. The molecule has 0 radical (unpaired) electrons.